The van der Waals surface area contributed by atoms with Crippen LogP contribution in [-0.4, -0.2) is 14.5 Å². The van der Waals surface area contributed by atoms with Crippen LogP contribution in [0.1, 0.15) is 11.5 Å². The van der Waals surface area contributed by atoms with Crippen molar-refractivity contribution in [2.24, 2.45) is 5.73 Å². The number of rotatable bonds is 4. The van der Waals surface area contributed by atoms with Crippen molar-refractivity contribution in [1.82, 2.24) is 14.5 Å². The lowest BCUT2D eigenvalue weighted by Crippen LogP contribution is -2.22. The number of nitrogens with zero attached hydrogens (tertiary/aromatic N) is 3. The molecule has 0 spiro atoms. The summed E-state index contributed by atoms with van der Waals surface area (Å²) in [6.07, 6.45) is 2.54. The third-order valence-corrected chi connectivity index (χ3v) is 3.47. The molecule has 0 unspecified atom stereocenters. The van der Waals surface area contributed by atoms with Gasteiger partial charge in [0.25, 0.3) is 5.56 Å². The van der Waals surface area contributed by atoms with Gasteiger partial charge in [0.2, 0.25) is 0 Å². The highest BCUT2D eigenvalue weighted by molar-refractivity contribution is 5.78. The van der Waals surface area contributed by atoms with E-state index in [1.807, 2.05) is 41.0 Å². The summed E-state index contributed by atoms with van der Waals surface area (Å²) in [6, 6.07) is 13.3. The lowest BCUT2D eigenvalue weighted by molar-refractivity contribution is 0.643. The Morgan fingerprint density at radius 2 is 1.90 bits per heavy atom. The van der Waals surface area contributed by atoms with E-state index in [1.165, 1.54) is 0 Å². The van der Waals surface area contributed by atoms with Crippen molar-refractivity contribution in [2.45, 2.75) is 19.5 Å². The Morgan fingerprint density at radius 1 is 1.10 bits per heavy atom. The van der Waals surface area contributed by atoms with Crippen molar-refractivity contribution < 1.29 is 0 Å². The summed E-state index contributed by atoms with van der Waals surface area (Å²) in [7, 11) is 0. The lowest BCUT2D eigenvalue weighted by Gasteiger charge is -2.14. The zero-order valence-electron chi connectivity index (χ0n) is 11.6. The van der Waals surface area contributed by atoms with Crippen molar-refractivity contribution in [3.63, 3.8) is 0 Å². The molecule has 0 amide bonds. The van der Waals surface area contributed by atoms with Gasteiger partial charge < -0.3 is 10.3 Å². The van der Waals surface area contributed by atoms with Crippen LogP contribution in [0.5, 0.6) is 0 Å². The van der Waals surface area contributed by atoms with E-state index >= 15 is 0 Å². The Bertz CT molecular complexity index is 811. The first-order valence-corrected chi connectivity index (χ1v) is 6.88. The Morgan fingerprint density at radius 3 is 2.67 bits per heavy atom. The van der Waals surface area contributed by atoms with Crippen LogP contribution in [0.15, 0.2) is 53.5 Å². The Balaban J connectivity index is 2.04. The van der Waals surface area contributed by atoms with Crippen LogP contribution in [0.25, 0.3) is 10.9 Å². The van der Waals surface area contributed by atoms with Gasteiger partial charge in [-0.2, -0.15) is 4.98 Å². The average Bonchev–Trinajstić information content (AvgIpc) is 2.55. The van der Waals surface area contributed by atoms with Gasteiger partial charge in [0.1, 0.15) is 5.82 Å². The number of para-hydroxylation sites is 1. The van der Waals surface area contributed by atoms with Crippen LogP contribution in [0.3, 0.4) is 0 Å². The molecular formula is C16H16N4O. The summed E-state index contributed by atoms with van der Waals surface area (Å²) in [6.45, 7) is 0.930. The molecule has 0 atom stereocenters. The van der Waals surface area contributed by atoms with Gasteiger partial charge in [0, 0.05) is 24.9 Å². The van der Waals surface area contributed by atoms with Crippen LogP contribution >= 0.6 is 0 Å². The van der Waals surface area contributed by atoms with Gasteiger partial charge >= 0.3 is 0 Å². The minimum absolute atomic E-state index is 0.222. The molecule has 0 saturated carbocycles. The molecule has 0 radical (unpaired) electrons. The molecule has 0 aliphatic heterocycles. The standard InChI is InChI=1S/C16H16N4O/c17-11-15-19-16(21)13-6-1-2-7-14(13)20(15)10-8-12-5-3-4-9-18-12/h1-7,9H,8,10-11,17H2. The zero-order valence-corrected chi connectivity index (χ0v) is 11.6. The molecule has 2 aromatic heterocycles. The summed E-state index contributed by atoms with van der Waals surface area (Å²) in [5, 5.41) is 0.621. The number of pyridine rings is 1. The first-order chi connectivity index (χ1) is 10.3. The van der Waals surface area contributed by atoms with Gasteiger partial charge in [0.15, 0.2) is 0 Å². The number of fused-ring (bicyclic) bond motifs is 1. The smallest absolute Gasteiger partial charge is 0.280 e. The number of aromatic nitrogens is 3. The molecule has 2 heterocycles. The van der Waals surface area contributed by atoms with Crippen molar-refractivity contribution >= 4 is 10.9 Å². The molecule has 0 saturated heterocycles. The van der Waals surface area contributed by atoms with Crippen LogP contribution < -0.4 is 11.3 Å². The van der Waals surface area contributed by atoms with E-state index in [0.717, 1.165) is 17.6 Å². The highest BCUT2D eigenvalue weighted by Gasteiger charge is 2.09. The highest BCUT2D eigenvalue weighted by atomic mass is 16.1. The molecular weight excluding hydrogens is 264 g/mol. The van der Waals surface area contributed by atoms with Crippen molar-refractivity contribution in [1.29, 1.82) is 0 Å². The number of hydrogen-bond acceptors (Lipinski definition) is 4. The van der Waals surface area contributed by atoms with Crippen molar-refractivity contribution in [3.05, 3.63) is 70.5 Å². The van der Waals surface area contributed by atoms with Gasteiger partial charge in [-0.1, -0.05) is 18.2 Å². The van der Waals surface area contributed by atoms with E-state index in [4.69, 9.17) is 5.73 Å². The quantitative estimate of drug-likeness (QED) is 0.786. The van der Waals surface area contributed by atoms with Crippen molar-refractivity contribution in [3.8, 4) is 0 Å². The van der Waals surface area contributed by atoms with Gasteiger partial charge in [-0.05, 0) is 24.3 Å². The average molecular weight is 280 g/mol. The Kier molecular flexibility index (Phi) is 3.75. The van der Waals surface area contributed by atoms with Crippen LogP contribution in [-0.2, 0) is 19.5 Å². The number of benzene rings is 1. The predicted octanol–water partition coefficient (Wildman–Crippen LogP) is 1.49. The topological polar surface area (TPSA) is 73.8 Å². The van der Waals surface area contributed by atoms with Crippen LogP contribution in [0, 0.1) is 0 Å². The second kappa shape index (κ2) is 5.85. The fourth-order valence-electron chi connectivity index (χ4n) is 2.44. The van der Waals surface area contributed by atoms with Crippen LogP contribution in [0.2, 0.25) is 0 Å². The minimum atomic E-state index is -0.222. The molecule has 0 aliphatic rings. The largest absolute Gasteiger partial charge is 0.328 e. The molecule has 0 fully saturated rings. The fourth-order valence-corrected chi connectivity index (χ4v) is 2.44. The van der Waals surface area contributed by atoms with Crippen LogP contribution in [0.4, 0.5) is 0 Å². The van der Waals surface area contributed by atoms with Gasteiger partial charge in [-0.25, -0.2) is 0 Å². The van der Waals surface area contributed by atoms with E-state index in [9.17, 15) is 4.79 Å². The minimum Gasteiger partial charge on any atom is -0.328 e. The van der Waals surface area contributed by atoms with E-state index in [-0.39, 0.29) is 12.1 Å². The monoisotopic (exact) mass is 280 g/mol. The lowest BCUT2D eigenvalue weighted by atomic mass is 10.2. The molecule has 2 N–H and O–H groups in total. The summed E-state index contributed by atoms with van der Waals surface area (Å²) in [5.41, 5.74) is 7.39. The maximum atomic E-state index is 12.0. The first kappa shape index (κ1) is 13.5. The second-order valence-corrected chi connectivity index (χ2v) is 4.78. The molecule has 1 aromatic carbocycles. The van der Waals surface area contributed by atoms with Gasteiger partial charge in [-0.3, -0.25) is 9.78 Å². The summed E-state index contributed by atoms with van der Waals surface area (Å²) in [4.78, 5) is 20.4. The number of aryl methyl sites for hydroxylation is 2. The molecule has 5 heteroatoms. The third kappa shape index (κ3) is 2.68. The van der Waals surface area contributed by atoms with E-state index in [2.05, 4.69) is 9.97 Å². The Labute approximate surface area is 122 Å². The van der Waals surface area contributed by atoms with Gasteiger partial charge in [0.05, 0.1) is 17.4 Å². The first-order valence-electron chi connectivity index (χ1n) is 6.88. The molecule has 0 aliphatic carbocycles. The van der Waals surface area contributed by atoms with Gasteiger partial charge in [-0.15, -0.1) is 0 Å². The van der Waals surface area contributed by atoms with E-state index < -0.39 is 0 Å². The summed E-state index contributed by atoms with van der Waals surface area (Å²) in [5.74, 6) is 0.606. The van der Waals surface area contributed by atoms with E-state index in [1.54, 1.807) is 12.3 Å². The highest BCUT2D eigenvalue weighted by Crippen LogP contribution is 2.12. The summed E-state index contributed by atoms with van der Waals surface area (Å²) >= 11 is 0. The molecule has 0 bridgehead atoms. The zero-order chi connectivity index (χ0) is 14.7. The third-order valence-electron chi connectivity index (χ3n) is 3.47. The number of nitrogens with two attached hydrogens (primary N) is 1. The molecule has 21 heavy (non-hydrogen) atoms. The maximum absolute atomic E-state index is 12.0. The summed E-state index contributed by atoms with van der Waals surface area (Å²) < 4.78 is 2.01. The van der Waals surface area contributed by atoms with Crippen molar-refractivity contribution in [2.75, 3.05) is 0 Å². The SMILES string of the molecule is NCc1nc(=O)c2ccccc2n1CCc1ccccn1. The molecule has 5 nitrogen and oxygen atoms in total. The molecule has 3 rings (SSSR count). The Hall–Kier alpha value is -2.53. The fraction of sp³-hybridized carbons (Fsp3) is 0.188. The normalized spacial score (nSPS) is 10.9. The van der Waals surface area contributed by atoms with E-state index in [0.29, 0.717) is 17.8 Å². The maximum Gasteiger partial charge on any atom is 0.280 e. The second-order valence-electron chi connectivity index (χ2n) is 4.78. The predicted molar refractivity (Wildman–Crippen MR) is 81.8 cm³/mol. The number of hydrogen-bond donors (Lipinski definition) is 1. The molecule has 106 valence electrons. The molecule has 3 aromatic rings.